The van der Waals surface area contributed by atoms with Gasteiger partial charge in [0, 0.05) is 44.6 Å². The van der Waals surface area contributed by atoms with Gasteiger partial charge < -0.3 is 14.4 Å². The second kappa shape index (κ2) is 14.0. The average Bonchev–Trinajstić information content (AvgIpc) is 4.09. The van der Waals surface area contributed by atoms with Crippen molar-refractivity contribution in [3.05, 3.63) is 209 Å². The number of thiophene rings is 2. The highest BCUT2D eigenvalue weighted by atomic mass is 32.1. The number of hydrogen-bond acceptors (Lipinski definition) is 4. The first kappa shape index (κ1) is 35.5. The lowest BCUT2D eigenvalue weighted by molar-refractivity contribution is 0.660. The summed E-state index contributed by atoms with van der Waals surface area (Å²) in [5, 5.41) is 9.16. The maximum absolute atomic E-state index is 2.46. The standard InChI is InChI=1S/C54H41N3S2/c1-36-21-24-40(25-22-36)55(52-19-11-29-58-52)42-31-38(37-23-28-51-47(33-37)46-16-8-10-18-50(46)57(51)39-13-5-4-6-14-39)32-43(34-42)56(53-20-12-30-59-53)41-26-27-45-44-15-7-9-17-48(44)54(2,3)49(45)35-41/h4-35H,1-3H3. The third-order valence-corrected chi connectivity index (χ3v) is 13.7. The predicted molar refractivity (Wildman–Crippen MR) is 254 cm³/mol. The Balaban J connectivity index is 1.15. The van der Waals surface area contributed by atoms with Crippen LogP contribution in [0.2, 0.25) is 0 Å². The second-order valence-corrected chi connectivity index (χ2v) is 17.8. The highest BCUT2D eigenvalue weighted by molar-refractivity contribution is 7.14. The Morgan fingerprint density at radius 2 is 1.07 bits per heavy atom. The van der Waals surface area contributed by atoms with Gasteiger partial charge in [-0.05, 0) is 148 Å². The lowest BCUT2D eigenvalue weighted by atomic mass is 9.82. The summed E-state index contributed by atoms with van der Waals surface area (Å²) in [6, 6.07) is 67.2. The molecule has 0 saturated heterocycles. The summed E-state index contributed by atoms with van der Waals surface area (Å²) >= 11 is 3.53. The van der Waals surface area contributed by atoms with Crippen molar-refractivity contribution in [1.82, 2.24) is 4.57 Å². The number of rotatable bonds is 8. The number of hydrogen-bond donors (Lipinski definition) is 0. The highest BCUT2D eigenvalue weighted by Gasteiger charge is 2.36. The van der Waals surface area contributed by atoms with E-state index in [0.717, 1.165) is 39.0 Å². The largest absolute Gasteiger partial charge is 0.309 e. The van der Waals surface area contributed by atoms with Gasteiger partial charge in [0.15, 0.2) is 0 Å². The van der Waals surface area contributed by atoms with E-state index in [9.17, 15) is 0 Å². The van der Waals surface area contributed by atoms with Crippen molar-refractivity contribution in [2.24, 2.45) is 0 Å². The summed E-state index contributed by atoms with van der Waals surface area (Å²) in [7, 11) is 0. The molecule has 0 N–H and O–H groups in total. The predicted octanol–water partition coefficient (Wildman–Crippen LogP) is 16.1. The molecule has 0 atom stereocenters. The Bertz CT molecular complexity index is 3140. The smallest absolute Gasteiger partial charge is 0.0999 e. The maximum Gasteiger partial charge on any atom is 0.0999 e. The van der Waals surface area contributed by atoms with Gasteiger partial charge >= 0.3 is 0 Å². The molecule has 3 heterocycles. The fourth-order valence-electron chi connectivity index (χ4n) is 9.15. The number of anilines is 6. The molecule has 0 fully saturated rings. The van der Waals surface area contributed by atoms with E-state index in [4.69, 9.17) is 0 Å². The van der Waals surface area contributed by atoms with Crippen LogP contribution in [0.4, 0.5) is 32.8 Å². The number of benzene rings is 7. The Labute approximate surface area is 353 Å². The first-order valence-corrected chi connectivity index (χ1v) is 21.9. The van der Waals surface area contributed by atoms with Gasteiger partial charge in [-0.25, -0.2) is 0 Å². The monoisotopic (exact) mass is 795 g/mol. The Morgan fingerprint density at radius 3 is 1.80 bits per heavy atom. The zero-order chi connectivity index (χ0) is 39.7. The van der Waals surface area contributed by atoms with Crippen LogP contribution in [0.1, 0.15) is 30.5 Å². The van der Waals surface area contributed by atoms with Crippen molar-refractivity contribution < 1.29 is 0 Å². The normalized spacial score (nSPS) is 12.8. The van der Waals surface area contributed by atoms with E-state index in [1.165, 1.54) is 60.2 Å². The van der Waals surface area contributed by atoms with Crippen LogP contribution in [-0.2, 0) is 5.41 Å². The summed E-state index contributed by atoms with van der Waals surface area (Å²) in [5.74, 6) is 0. The molecule has 284 valence electrons. The van der Waals surface area contributed by atoms with Gasteiger partial charge in [-0.15, -0.1) is 22.7 Å². The molecule has 7 aromatic carbocycles. The third kappa shape index (κ3) is 5.92. The minimum atomic E-state index is -0.119. The average molecular weight is 796 g/mol. The van der Waals surface area contributed by atoms with Crippen molar-refractivity contribution >= 4 is 77.2 Å². The minimum Gasteiger partial charge on any atom is -0.309 e. The first-order valence-electron chi connectivity index (χ1n) is 20.1. The molecule has 0 saturated carbocycles. The Morgan fingerprint density at radius 1 is 0.441 bits per heavy atom. The van der Waals surface area contributed by atoms with E-state index in [-0.39, 0.29) is 5.41 Å². The molecule has 1 aliphatic carbocycles. The van der Waals surface area contributed by atoms with Gasteiger partial charge in [0.25, 0.3) is 0 Å². The van der Waals surface area contributed by atoms with E-state index in [1.807, 2.05) is 0 Å². The summed E-state index contributed by atoms with van der Waals surface area (Å²) in [6.07, 6.45) is 0. The molecular weight excluding hydrogens is 755 g/mol. The highest BCUT2D eigenvalue weighted by Crippen LogP contribution is 2.52. The lowest BCUT2D eigenvalue weighted by Gasteiger charge is -2.30. The third-order valence-electron chi connectivity index (χ3n) is 12.0. The Kier molecular flexibility index (Phi) is 8.43. The molecule has 10 aromatic rings. The van der Waals surface area contributed by atoms with Gasteiger partial charge in [-0.1, -0.05) is 104 Å². The van der Waals surface area contributed by atoms with Crippen LogP contribution in [0.3, 0.4) is 0 Å². The van der Waals surface area contributed by atoms with E-state index >= 15 is 0 Å². The van der Waals surface area contributed by atoms with Crippen molar-refractivity contribution in [2.75, 3.05) is 9.80 Å². The topological polar surface area (TPSA) is 11.4 Å². The van der Waals surface area contributed by atoms with Gasteiger partial charge in [0.05, 0.1) is 21.0 Å². The summed E-state index contributed by atoms with van der Waals surface area (Å²) < 4.78 is 2.39. The van der Waals surface area contributed by atoms with Crippen LogP contribution in [0, 0.1) is 6.92 Å². The molecule has 0 spiro atoms. The van der Waals surface area contributed by atoms with Gasteiger partial charge in [-0.3, -0.25) is 0 Å². The van der Waals surface area contributed by atoms with Crippen LogP contribution in [0.15, 0.2) is 193 Å². The summed E-state index contributed by atoms with van der Waals surface area (Å²) in [6.45, 7) is 6.88. The number of aryl methyl sites for hydroxylation is 1. The zero-order valence-electron chi connectivity index (χ0n) is 33.1. The molecule has 59 heavy (non-hydrogen) atoms. The number of para-hydroxylation sites is 2. The molecule has 3 nitrogen and oxygen atoms in total. The number of aromatic nitrogens is 1. The van der Waals surface area contributed by atoms with Crippen LogP contribution in [-0.4, -0.2) is 4.57 Å². The molecule has 0 unspecified atom stereocenters. The fourth-order valence-corrected chi connectivity index (χ4v) is 10.7. The summed E-state index contributed by atoms with van der Waals surface area (Å²) in [5.41, 5.74) is 16.9. The van der Waals surface area contributed by atoms with E-state index < -0.39 is 0 Å². The van der Waals surface area contributed by atoms with Crippen molar-refractivity contribution in [3.63, 3.8) is 0 Å². The molecule has 0 aliphatic heterocycles. The van der Waals surface area contributed by atoms with E-state index in [2.05, 4.69) is 228 Å². The Hall–Kier alpha value is -6.66. The lowest BCUT2D eigenvalue weighted by Crippen LogP contribution is -2.16. The van der Waals surface area contributed by atoms with Crippen molar-refractivity contribution in [2.45, 2.75) is 26.2 Å². The van der Waals surface area contributed by atoms with Crippen molar-refractivity contribution in [1.29, 1.82) is 0 Å². The van der Waals surface area contributed by atoms with Gasteiger partial charge in [0.1, 0.15) is 0 Å². The van der Waals surface area contributed by atoms with Gasteiger partial charge in [0.2, 0.25) is 0 Å². The molecule has 0 amide bonds. The molecule has 0 radical (unpaired) electrons. The van der Waals surface area contributed by atoms with Crippen LogP contribution in [0.25, 0.3) is 49.7 Å². The molecule has 11 rings (SSSR count). The molecular formula is C54H41N3S2. The molecule has 1 aliphatic rings. The first-order chi connectivity index (χ1) is 28.9. The van der Waals surface area contributed by atoms with Crippen LogP contribution in [0.5, 0.6) is 0 Å². The minimum absolute atomic E-state index is 0.119. The molecule has 0 bridgehead atoms. The SMILES string of the molecule is Cc1ccc(N(c2cc(-c3ccc4c(c3)c3ccccc3n4-c3ccccc3)cc(N(c3ccc4c(c3)C(C)(C)c3ccccc3-4)c3cccs3)c2)c2cccs2)cc1. The molecule has 3 aromatic heterocycles. The van der Waals surface area contributed by atoms with E-state index in [1.54, 1.807) is 22.7 Å². The van der Waals surface area contributed by atoms with Crippen molar-refractivity contribution in [3.8, 4) is 27.9 Å². The number of fused-ring (bicyclic) bond motifs is 6. The summed E-state index contributed by atoms with van der Waals surface area (Å²) in [4.78, 5) is 4.87. The number of nitrogens with zero attached hydrogens (tertiary/aromatic N) is 3. The van der Waals surface area contributed by atoms with Crippen LogP contribution >= 0.6 is 22.7 Å². The van der Waals surface area contributed by atoms with Crippen LogP contribution < -0.4 is 9.80 Å². The molecule has 5 heteroatoms. The fraction of sp³-hybridized carbons (Fsp3) is 0.0741. The van der Waals surface area contributed by atoms with E-state index in [0.29, 0.717) is 0 Å². The zero-order valence-corrected chi connectivity index (χ0v) is 34.8. The van der Waals surface area contributed by atoms with Gasteiger partial charge in [-0.2, -0.15) is 0 Å². The maximum atomic E-state index is 2.46. The second-order valence-electron chi connectivity index (χ2n) is 16.0. The quantitative estimate of drug-likeness (QED) is 0.152.